The SMILES string of the molecule is CC1=C(C(=O)Nc2ccc([N+](=O)[O-])cc2)C(c2ccccc2Br)NC(=O)N1. The lowest BCUT2D eigenvalue weighted by molar-refractivity contribution is -0.384. The summed E-state index contributed by atoms with van der Waals surface area (Å²) in [5.41, 5.74) is 1.86. The minimum atomic E-state index is -0.646. The van der Waals surface area contributed by atoms with E-state index in [-0.39, 0.29) is 5.69 Å². The normalized spacial score (nSPS) is 16.4. The van der Waals surface area contributed by atoms with Crippen molar-refractivity contribution in [3.63, 3.8) is 0 Å². The molecule has 0 saturated heterocycles. The molecule has 1 heterocycles. The van der Waals surface area contributed by atoms with Crippen molar-refractivity contribution in [3.8, 4) is 0 Å². The molecule has 9 heteroatoms. The summed E-state index contributed by atoms with van der Waals surface area (Å²) >= 11 is 3.45. The van der Waals surface area contributed by atoms with Gasteiger partial charge in [-0.25, -0.2) is 4.79 Å². The summed E-state index contributed by atoms with van der Waals surface area (Å²) in [6, 6.07) is 11.8. The van der Waals surface area contributed by atoms with Crippen LogP contribution in [0.25, 0.3) is 0 Å². The number of non-ortho nitro benzene ring substituents is 1. The number of nitro groups is 1. The van der Waals surface area contributed by atoms with E-state index in [9.17, 15) is 19.7 Å². The Morgan fingerprint density at radius 1 is 1.19 bits per heavy atom. The number of nitrogens with one attached hydrogen (secondary N) is 3. The number of hydrogen-bond donors (Lipinski definition) is 3. The van der Waals surface area contributed by atoms with Crippen LogP contribution in [-0.2, 0) is 4.79 Å². The van der Waals surface area contributed by atoms with Gasteiger partial charge in [-0.1, -0.05) is 34.1 Å². The zero-order chi connectivity index (χ0) is 19.6. The van der Waals surface area contributed by atoms with Crippen LogP contribution in [0.4, 0.5) is 16.2 Å². The second-order valence-electron chi connectivity index (χ2n) is 5.85. The molecule has 3 amide bonds. The minimum Gasteiger partial charge on any atom is -0.327 e. The zero-order valence-corrected chi connectivity index (χ0v) is 15.7. The fourth-order valence-corrected chi connectivity index (χ4v) is 3.32. The first-order valence-corrected chi connectivity index (χ1v) is 8.74. The summed E-state index contributed by atoms with van der Waals surface area (Å²) in [7, 11) is 0. The molecule has 0 aromatic heterocycles. The second kappa shape index (κ2) is 7.58. The summed E-state index contributed by atoms with van der Waals surface area (Å²) in [6.45, 7) is 1.65. The Labute approximate surface area is 162 Å². The molecule has 3 N–H and O–H groups in total. The maximum Gasteiger partial charge on any atom is 0.319 e. The zero-order valence-electron chi connectivity index (χ0n) is 14.2. The van der Waals surface area contributed by atoms with Gasteiger partial charge in [0.2, 0.25) is 0 Å². The van der Waals surface area contributed by atoms with Gasteiger partial charge >= 0.3 is 6.03 Å². The first kappa shape index (κ1) is 18.6. The largest absolute Gasteiger partial charge is 0.327 e. The molecule has 0 spiro atoms. The Morgan fingerprint density at radius 3 is 2.48 bits per heavy atom. The van der Waals surface area contributed by atoms with Crippen LogP contribution in [-0.4, -0.2) is 16.9 Å². The van der Waals surface area contributed by atoms with Crippen LogP contribution in [0.3, 0.4) is 0 Å². The predicted octanol–water partition coefficient (Wildman–Crippen LogP) is 3.62. The third-order valence-corrected chi connectivity index (χ3v) is 4.79. The summed E-state index contributed by atoms with van der Waals surface area (Å²) in [6.07, 6.45) is 0. The van der Waals surface area contributed by atoms with Crippen molar-refractivity contribution in [2.75, 3.05) is 5.32 Å². The lowest BCUT2D eigenvalue weighted by Crippen LogP contribution is -2.46. The number of amides is 3. The van der Waals surface area contributed by atoms with Crippen molar-refractivity contribution in [2.24, 2.45) is 0 Å². The number of anilines is 1. The molecular formula is C18H15BrN4O4. The third kappa shape index (κ3) is 3.98. The van der Waals surface area contributed by atoms with Crippen molar-refractivity contribution in [3.05, 3.63) is 80.0 Å². The fourth-order valence-electron chi connectivity index (χ4n) is 2.80. The Kier molecular flexibility index (Phi) is 5.22. The summed E-state index contributed by atoms with van der Waals surface area (Å²) < 4.78 is 0.755. The number of benzene rings is 2. The van der Waals surface area contributed by atoms with Gasteiger partial charge in [-0.05, 0) is 30.7 Å². The van der Waals surface area contributed by atoms with Crippen LogP contribution in [0.15, 0.2) is 64.3 Å². The van der Waals surface area contributed by atoms with E-state index in [0.717, 1.165) is 10.0 Å². The highest BCUT2D eigenvalue weighted by molar-refractivity contribution is 9.10. The molecule has 1 aliphatic rings. The van der Waals surface area contributed by atoms with Crippen LogP contribution in [0.2, 0.25) is 0 Å². The molecule has 138 valence electrons. The number of hydrogen-bond acceptors (Lipinski definition) is 4. The van der Waals surface area contributed by atoms with E-state index < -0.39 is 22.9 Å². The molecule has 1 unspecified atom stereocenters. The summed E-state index contributed by atoms with van der Waals surface area (Å²) in [5.74, 6) is -0.422. The van der Waals surface area contributed by atoms with Crippen LogP contribution in [0.5, 0.6) is 0 Å². The molecular weight excluding hydrogens is 416 g/mol. The Bertz CT molecular complexity index is 956. The van der Waals surface area contributed by atoms with Gasteiger partial charge < -0.3 is 16.0 Å². The topological polar surface area (TPSA) is 113 Å². The molecule has 0 saturated carbocycles. The molecule has 0 bridgehead atoms. The highest BCUT2D eigenvalue weighted by Gasteiger charge is 2.32. The number of allylic oxidation sites excluding steroid dienone is 1. The Morgan fingerprint density at radius 2 is 1.85 bits per heavy atom. The molecule has 1 atom stereocenters. The van der Waals surface area contributed by atoms with Crippen molar-refractivity contribution >= 4 is 39.2 Å². The van der Waals surface area contributed by atoms with Gasteiger partial charge in [-0.2, -0.15) is 0 Å². The smallest absolute Gasteiger partial charge is 0.319 e. The fraction of sp³-hybridized carbons (Fsp3) is 0.111. The van der Waals surface area contributed by atoms with E-state index in [1.807, 2.05) is 24.3 Å². The average Bonchev–Trinajstić information content (AvgIpc) is 2.61. The minimum absolute atomic E-state index is 0.0684. The highest BCUT2D eigenvalue weighted by atomic mass is 79.9. The maximum absolute atomic E-state index is 12.9. The third-order valence-electron chi connectivity index (χ3n) is 4.07. The Balaban J connectivity index is 1.92. The predicted molar refractivity (Wildman–Crippen MR) is 103 cm³/mol. The number of urea groups is 1. The average molecular weight is 431 g/mol. The summed E-state index contributed by atoms with van der Waals surface area (Å²) in [4.78, 5) is 35.1. The van der Waals surface area contributed by atoms with Crippen molar-refractivity contribution in [1.82, 2.24) is 10.6 Å². The molecule has 0 fully saturated rings. The second-order valence-corrected chi connectivity index (χ2v) is 6.70. The number of nitro benzene ring substituents is 1. The first-order chi connectivity index (χ1) is 12.9. The number of rotatable bonds is 4. The van der Waals surface area contributed by atoms with Gasteiger partial charge in [-0.3, -0.25) is 14.9 Å². The number of carbonyl (C=O) groups excluding carboxylic acids is 2. The summed E-state index contributed by atoms with van der Waals surface area (Å²) in [5, 5.41) is 18.8. The van der Waals surface area contributed by atoms with Crippen LogP contribution in [0.1, 0.15) is 18.5 Å². The maximum atomic E-state index is 12.9. The van der Waals surface area contributed by atoms with E-state index in [4.69, 9.17) is 0 Å². The van der Waals surface area contributed by atoms with Crippen LogP contribution < -0.4 is 16.0 Å². The molecule has 2 aromatic carbocycles. The van der Waals surface area contributed by atoms with Gasteiger partial charge in [0.25, 0.3) is 11.6 Å². The molecule has 0 radical (unpaired) electrons. The molecule has 2 aromatic rings. The van der Waals surface area contributed by atoms with E-state index in [1.54, 1.807) is 6.92 Å². The van der Waals surface area contributed by atoms with Gasteiger partial charge in [0.1, 0.15) is 0 Å². The van der Waals surface area contributed by atoms with Gasteiger partial charge in [0.15, 0.2) is 0 Å². The highest BCUT2D eigenvalue weighted by Crippen LogP contribution is 2.32. The van der Waals surface area contributed by atoms with Crippen LogP contribution >= 0.6 is 15.9 Å². The van der Waals surface area contributed by atoms with Gasteiger partial charge in [-0.15, -0.1) is 0 Å². The molecule has 8 nitrogen and oxygen atoms in total. The molecule has 3 rings (SSSR count). The van der Waals surface area contributed by atoms with Crippen LogP contribution in [0, 0.1) is 10.1 Å². The number of carbonyl (C=O) groups is 2. The van der Waals surface area contributed by atoms with E-state index in [2.05, 4.69) is 31.9 Å². The lowest BCUT2D eigenvalue weighted by Gasteiger charge is -2.29. The number of nitrogens with zero attached hydrogens (tertiary/aromatic N) is 1. The number of halogens is 1. The van der Waals surface area contributed by atoms with E-state index in [1.165, 1.54) is 24.3 Å². The van der Waals surface area contributed by atoms with Crippen molar-refractivity contribution < 1.29 is 14.5 Å². The molecule has 0 aliphatic carbocycles. The first-order valence-electron chi connectivity index (χ1n) is 7.95. The van der Waals surface area contributed by atoms with Crippen molar-refractivity contribution in [1.29, 1.82) is 0 Å². The van der Waals surface area contributed by atoms with Crippen molar-refractivity contribution in [2.45, 2.75) is 13.0 Å². The quantitative estimate of drug-likeness (QED) is 0.507. The van der Waals surface area contributed by atoms with E-state index >= 15 is 0 Å². The molecule has 1 aliphatic heterocycles. The molecule has 27 heavy (non-hydrogen) atoms. The monoisotopic (exact) mass is 430 g/mol. The lowest BCUT2D eigenvalue weighted by atomic mass is 9.95. The van der Waals surface area contributed by atoms with Gasteiger partial charge in [0, 0.05) is 28.0 Å². The van der Waals surface area contributed by atoms with Gasteiger partial charge in [0.05, 0.1) is 16.5 Å². The standard InChI is InChI=1S/C18H15BrN4O4/c1-10-15(17(24)21-11-6-8-12(9-7-11)23(26)27)16(22-18(25)20-10)13-4-2-3-5-14(13)19/h2-9,16H,1H3,(H,21,24)(H2,20,22,25). The Hall–Kier alpha value is -3.20. The van der Waals surface area contributed by atoms with E-state index in [0.29, 0.717) is 17.0 Å².